The first kappa shape index (κ1) is 14.2. The van der Waals surface area contributed by atoms with Crippen molar-refractivity contribution in [2.24, 2.45) is 0 Å². The maximum atomic E-state index is 13.4. The minimum Gasteiger partial charge on any atom is -0.480 e. The average molecular weight is 288 g/mol. The minimum atomic E-state index is -1.37. The molecule has 1 fully saturated rings. The summed E-state index contributed by atoms with van der Waals surface area (Å²) in [4.78, 5) is 23.5. The zero-order chi connectivity index (χ0) is 14.9. The molecular weight excluding hydrogens is 277 g/mol. The molecule has 0 heterocycles. The van der Waals surface area contributed by atoms with E-state index in [4.69, 9.17) is 5.11 Å². The number of carbonyl (C=O) groups excluding carboxylic acids is 1. The number of anilines is 1. The van der Waals surface area contributed by atoms with Gasteiger partial charge < -0.3 is 15.3 Å². The van der Waals surface area contributed by atoms with E-state index in [2.05, 4.69) is 0 Å². The lowest BCUT2D eigenvalue weighted by Gasteiger charge is -2.20. The predicted octanol–water partition coefficient (Wildman–Crippen LogP) is 2.18. The van der Waals surface area contributed by atoms with Crippen molar-refractivity contribution < 1.29 is 27.9 Å². The number of nitrogens with one attached hydrogen (secondary N) is 1. The van der Waals surface area contributed by atoms with Gasteiger partial charge >= 0.3 is 12.0 Å². The molecule has 20 heavy (non-hydrogen) atoms. The Hall–Kier alpha value is -2.25. The van der Waals surface area contributed by atoms with Crippen LogP contribution in [0.3, 0.4) is 0 Å². The molecule has 1 aromatic rings. The van der Waals surface area contributed by atoms with E-state index in [9.17, 15) is 22.8 Å². The van der Waals surface area contributed by atoms with Gasteiger partial charge in [-0.25, -0.2) is 18.0 Å². The highest BCUT2D eigenvalue weighted by Gasteiger charge is 2.34. The van der Waals surface area contributed by atoms with E-state index in [0.29, 0.717) is 25.0 Å². The fourth-order valence-electron chi connectivity index (χ4n) is 1.70. The number of carboxylic acids is 1. The van der Waals surface area contributed by atoms with Crippen molar-refractivity contribution in [2.75, 3.05) is 11.9 Å². The molecule has 1 aliphatic rings. The lowest BCUT2D eigenvalue weighted by atomic mass is 10.3. The van der Waals surface area contributed by atoms with Crippen molar-refractivity contribution in [3.8, 4) is 0 Å². The second-order valence-corrected chi connectivity index (χ2v) is 4.43. The summed E-state index contributed by atoms with van der Waals surface area (Å²) in [6, 6.07) is -0.267. The summed E-state index contributed by atoms with van der Waals surface area (Å²) in [5, 5.41) is 10.8. The highest BCUT2D eigenvalue weighted by atomic mass is 19.2. The molecule has 5 nitrogen and oxygen atoms in total. The number of aliphatic carboxylic acids is 1. The Morgan fingerprint density at radius 3 is 2.35 bits per heavy atom. The van der Waals surface area contributed by atoms with E-state index in [1.807, 2.05) is 5.32 Å². The number of hydrogen-bond donors (Lipinski definition) is 2. The number of carbonyl (C=O) groups is 2. The molecule has 2 N–H and O–H groups in total. The van der Waals surface area contributed by atoms with Crippen molar-refractivity contribution in [1.82, 2.24) is 4.90 Å². The third-order valence-corrected chi connectivity index (χ3v) is 2.81. The Labute approximate surface area is 112 Å². The van der Waals surface area contributed by atoms with Crippen LogP contribution in [0, 0.1) is 17.5 Å². The van der Waals surface area contributed by atoms with Crippen molar-refractivity contribution in [3.63, 3.8) is 0 Å². The first-order valence-corrected chi connectivity index (χ1v) is 5.82. The fraction of sp³-hybridized carbons (Fsp3) is 0.333. The maximum Gasteiger partial charge on any atom is 0.323 e. The molecule has 108 valence electrons. The zero-order valence-corrected chi connectivity index (χ0v) is 10.2. The molecule has 2 amide bonds. The van der Waals surface area contributed by atoms with E-state index in [1.165, 1.54) is 0 Å². The third kappa shape index (κ3) is 3.19. The van der Waals surface area contributed by atoms with Crippen LogP contribution < -0.4 is 5.32 Å². The van der Waals surface area contributed by atoms with Gasteiger partial charge in [0, 0.05) is 18.2 Å². The Morgan fingerprint density at radius 2 is 1.80 bits per heavy atom. The summed E-state index contributed by atoms with van der Waals surface area (Å²) in [7, 11) is 0. The molecule has 0 aromatic heterocycles. The number of carboxylic acid groups (broad SMARTS) is 1. The highest BCUT2D eigenvalue weighted by molar-refractivity contribution is 5.91. The van der Waals surface area contributed by atoms with Gasteiger partial charge in [-0.2, -0.15) is 0 Å². The number of nitrogens with zero attached hydrogens (tertiary/aromatic N) is 1. The van der Waals surface area contributed by atoms with E-state index in [-0.39, 0.29) is 6.04 Å². The molecule has 0 aliphatic heterocycles. The van der Waals surface area contributed by atoms with Gasteiger partial charge in [-0.05, 0) is 12.8 Å². The van der Waals surface area contributed by atoms with Crippen LogP contribution in [0.1, 0.15) is 12.8 Å². The first-order valence-electron chi connectivity index (χ1n) is 5.82. The topological polar surface area (TPSA) is 69.6 Å². The molecule has 0 saturated heterocycles. The number of benzene rings is 1. The summed E-state index contributed by atoms with van der Waals surface area (Å²) >= 11 is 0. The van der Waals surface area contributed by atoms with E-state index in [0.717, 1.165) is 4.90 Å². The van der Waals surface area contributed by atoms with Crippen LogP contribution in [-0.2, 0) is 4.79 Å². The van der Waals surface area contributed by atoms with Gasteiger partial charge in [0.15, 0.2) is 11.6 Å². The Balaban J connectivity index is 2.13. The molecule has 0 atom stereocenters. The normalized spacial score (nSPS) is 13.9. The Bertz CT molecular complexity index is 561. The third-order valence-electron chi connectivity index (χ3n) is 2.81. The number of hydrogen-bond acceptors (Lipinski definition) is 2. The van der Waals surface area contributed by atoms with Gasteiger partial charge in [0.25, 0.3) is 0 Å². The highest BCUT2D eigenvalue weighted by Crippen LogP contribution is 2.27. The molecule has 1 aromatic carbocycles. The quantitative estimate of drug-likeness (QED) is 0.834. The zero-order valence-electron chi connectivity index (χ0n) is 10.2. The first-order chi connectivity index (χ1) is 9.38. The summed E-state index contributed by atoms with van der Waals surface area (Å²) in [6.07, 6.45) is 1.31. The molecule has 0 bridgehead atoms. The van der Waals surface area contributed by atoms with Gasteiger partial charge in [0.2, 0.25) is 0 Å². The number of amides is 2. The molecule has 0 radical (unpaired) electrons. The van der Waals surface area contributed by atoms with Crippen LogP contribution >= 0.6 is 0 Å². The smallest absolute Gasteiger partial charge is 0.323 e. The van der Waals surface area contributed by atoms with Crippen molar-refractivity contribution in [1.29, 1.82) is 0 Å². The molecule has 2 rings (SSSR count). The summed E-state index contributed by atoms with van der Waals surface area (Å²) in [5.41, 5.74) is -0.537. The molecular formula is C12H11F3N2O3. The minimum absolute atomic E-state index is 0.223. The van der Waals surface area contributed by atoms with Crippen molar-refractivity contribution in [2.45, 2.75) is 18.9 Å². The van der Waals surface area contributed by atoms with Gasteiger partial charge in [0.1, 0.15) is 12.4 Å². The molecule has 0 spiro atoms. The maximum absolute atomic E-state index is 13.4. The monoisotopic (exact) mass is 288 g/mol. The lowest BCUT2D eigenvalue weighted by molar-refractivity contribution is -0.137. The van der Waals surface area contributed by atoms with Crippen LogP contribution in [0.15, 0.2) is 12.1 Å². The summed E-state index contributed by atoms with van der Waals surface area (Å²) in [6.45, 7) is -0.540. The standard InChI is InChI=1S/C12H11F3N2O3/c13-7-3-9(15)10(4-8(7)14)16-12(20)17(5-11(18)19)6-1-2-6/h3-4,6H,1-2,5H2,(H,16,20)(H,18,19). The van der Waals surface area contributed by atoms with E-state index < -0.39 is 41.7 Å². The van der Waals surface area contributed by atoms with Gasteiger partial charge in [-0.1, -0.05) is 0 Å². The number of urea groups is 1. The SMILES string of the molecule is O=C(O)CN(C(=O)Nc1cc(F)c(F)cc1F)C1CC1. The Morgan fingerprint density at radius 1 is 1.20 bits per heavy atom. The second-order valence-electron chi connectivity index (χ2n) is 4.43. The largest absolute Gasteiger partial charge is 0.480 e. The summed E-state index contributed by atoms with van der Waals surface area (Å²) in [5.74, 6) is -5.02. The number of rotatable bonds is 4. The predicted molar refractivity (Wildman–Crippen MR) is 62.7 cm³/mol. The molecule has 8 heteroatoms. The van der Waals surface area contributed by atoms with Gasteiger partial charge in [0.05, 0.1) is 5.69 Å². The van der Waals surface area contributed by atoms with E-state index >= 15 is 0 Å². The van der Waals surface area contributed by atoms with Crippen LogP contribution in [-0.4, -0.2) is 34.6 Å². The Kier molecular flexibility index (Phi) is 3.82. The average Bonchev–Trinajstić information content (AvgIpc) is 3.16. The summed E-state index contributed by atoms with van der Waals surface area (Å²) < 4.78 is 39.1. The van der Waals surface area contributed by atoms with E-state index in [1.54, 1.807) is 0 Å². The fourth-order valence-corrected chi connectivity index (χ4v) is 1.70. The van der Waals surface area contributed by atoms with Crippen LogP contribution in [0.2, 0.25) is 0 Å². The van der Waals surface area contributed by atoms with Crippen LogP contribution in [0.5, 0.6) is 0 Å². The molecule has 0 unspecified atom stereocenters. The van der Waals surface area contributed by atoms with Crippen molar-refractivity contribution >= 4 is 17.7 Å². The molecule has 1 saturated carbocycles. The van der Waals surface area contributed by atoms with Crippen LogP contribution in [0.25, 0.3) is 0 Å². The molecule has 1 aliphatic carbocycles. The lowest BCUT2D eigenvalue weighted by Crippen LogP contribution is -2.40. The van der Waals surface area contributed by atoms with Crippen LogP contribution in [0.4, 0.5) is 23.7 Å². The second kappa shape index (κ2) is 5.40. The van der Waals surface area contributed by atoms with Gasteiger partial charge in [-0.3, -0.25) is 4.79 Å². The van der Waals surface area contributed by atoms with Crippen molar-refractivity contribution in [3.05, 3.63) is 29.6 Å². The number of halogens is 3. The van der Waals surface area contributed by atoms with Gasteiger partial charge in [-0.15, -0.1) is 0 Å².